The Bertz CT molecular complexity index is 609. The lowest BCUT2D eigenvalue weighted by Crippen LogP contribution is -2.18. The first-order valence-corrected chi connectivity index (χ1v) is 6.25. The highest BCUT2D eigenvalue weighted by Crippen LogP contribution is 2.35. The molecule has 0 aliphatic carbocycles. The minimum Gasteiger partial charge on any atom is -0.385 e. The van der Waals surface area contributed by atoms with Gasteiger partial charge in [-0.05, 0) is 18.1 Å². The van der Waals surface area contributed by atoms with Crippen LogP contribution in [0.15, 0.2) is 28.8 Å². The highest BCUT2D eigenvalue weighted by atomic mass is 19.4. The third kappa shape index (κ3) is 2.61. The van der Waals surface area contributed by atoms with Gasteiger partial charge in [0.2, 0.25) is 5.89 Å². The van der Waals surface area contributed by atoms with Crippen molar-refractivity contribution in [2.45, 2.75) is 24.9 Å². The molecule has 0 spiro atoms. The maximum Gasteiger partial charge on any atom is 0.396 e. The molecule has 2 heterocycles. The van der Waals surface area contributed by atoms with Crippen LogP contribution in [-0.4, -0.2) is 22.9 Å². The minimum absolute atomic E-state index is 0.151. The zero-order valence-corrected chi connectivity index (χ0v) is 10.4. The monoisotopic (exact) mass is 283 g/mol. The van der Waals surface area contributed by atoms with E-state index in [1.165, 1.54) is 0 Å². The molecule has 1 aliphatic heterocycles. The zero-order valence-electron chi connectivity index (χ0n) is 10.4. The molecule has 106 valence electrons. The molecular weight excluding hydrogens is 271 g/mol. The molecule has 7 heteroatoms. The minimum atomic E-state index is -4.33. The summed E-state index contributed by atoms with van der Waals surface area (Å²) in [5.74, 6) is -0.219. The highest BCUT2D eigenvalue weighted by Gasteiger charge is 2.32. The molecule has 1 aromatic carbocycles. The predicted molar refractivity (Wildman–Crippen MR) is 65.4 cm³/mol. The number of hydrogen-bond donors (Lipinski definition) is 1. The van der Waals surface area contributed by atoms with Crippen LogP contribution in [0, 0.1) is 0 Å². The molecule has 0 radical (unpaired) electrons. The average Bonchev–Trinajstić information content (AvgIpc) is 2.84. The van der Waals surface area contributed by atoms with E-state index in [9.17, 15) is 13.2 Å². The summed E-state index contributed by atoms with van der Waals surface area (Å²) in [6.45, 7) is 0.721. The van der Waals surface area contributed by atoms with Crippen molar-refractivity contribution in [3.8, 4) is 0 Å². The van der Waals surface area contributed by atoms with E-state index in [0.29, 0.717) is 6.42 Å². The molecule has 1 N–H and O–H groups in total. The van der Waals surface area contributed by atoms with Crippen LogP contribution < -0.4 is 5.32 Å². The van der Waals surface area contributed by atoms with Gasteiger partial charge in [-0.2, -0.15) is 18.2 Å². The third-order valence-electron chi connectivity index (χ3n) is 3.23. The van der Waals surface area contributed by atoms with Crippen LogP contribution in [-0.2, 0) is 6.42 Å². The van der Waals surface area contributed by atoms with Crippen molar-refractivity contribution in [1.29, 1.82) is 0 Å². The first-order valence-electron chi connectivity index (χ1n) is 6.25. The number of benzene rings is 1. The van der Waals surface area contributed by atoms with Gasteiger partial charge in [0, 0.05) is 12.2 Å². The lowest BCUT2D eigenvalue weighted by molar-refractivity contribution is -0.128. The van der Waals surface area contributed by atoms with Gasteiger partial charge in [-0.1, -0.05) is 23.4 Å². The maximum atomic E-state index is 12.3. The molecule has 20 heavy (non-hydrogen) atoms. The molecule has 2 aromatic rings. The van der Waals surface area contributed by atoms with Gasteiger partial charge >= 0.3 is 6.18 Å². The van der Waals surface area contributed by atoms with Crippen LogP contribution in [0.2, 0.25) is 0 Å². The topological polar surface area (TPSA) is 51.0 Å². The lowest BCUT2D eigenvalue weighted by atomic mass is 9.91. The molecule has 3 rings (SSSR count). The van der Waals surface area contributed by atoms with E-state index in [1.807, 2.05) is 24.3 Å². The summed E-state index contributed by atoms with van der Waals surface area (Å²) in [4.78, 5) is 3.89. The molecule has 0 fully saturated rings. The summed E-state index contributed by atoms with van der Waals surface area (Å²) in [5, 5.41) is 6.66. The third-order valence-corrected chi connectivity index (χ3v) is 3.23. The van der Waals surface area contributed by atoms with Crippen molar-refractivity contribution in [2.24, 2.45) is 0 Å². The smallest absolute Gasteiger partial charge is 0.385 e. The number of hydrogen-bond acceptors (Lipinski definition) is 4. The molecule has 0 bridgehead atoms. The molecule has 4 nitrogen and oxygen atoms in total. The molecule has 0 saturated carbocycles. The Hall–Kier alpha value is -2.05. The van der Waals surface area contributed by atoms with Gasteiger partial charge < -0.3 is 9.84 Å². The summed E-state index contributed by atoms with van der Waals surface area (Å²) < 4.78 is 41.9. The molecule has 0 saturated heterocycles. The largest absolute Gasteiger partial charge is 0.396 e. The van der Waals surface area contributed by atoms with Crippen LogP contribution in [0.25, 0.3) is 0 Å². The van der Waals surface area contributed by atoms with Gasteiger partial charge in [0.1, 0.15) is 6.42 Å². The number of anilines is 1. The van der Waals surface area contributed by atoms with Crippen LogP contribution >= 0.6 is 0 Å². The van der Waals surface area contributed by atoms with E-state index in [2.05, 4.69) is 15.5 Å². The standard InChI is InChI=1S/C13H12F3N3O/c14-13(15,16)7-11-18-12(20-19-11)9-5-6-17-10-4-2-1-3-8(9)10/h1-4,9,17H,5-7H2. The van der Waals surface area contributed by atoms with Gasteiger partial charge in [-0.15, -0.1) is 0 Å². The normalized spacial score (nSPS) is 18.4. The van der Waals surface area contributed by atoms with E-state index in [0.717, 1.165) is 17.8 Å². The number of para-hydroxylation sites is 1. The van der Waals surface area contributed by atoms with Crippen LogP contribution in [0.3, 0.4) is 0 Å². The average molecular weight is 283 g/mol. The van der Waals surface area contributed by atoms with E-state index < -0.39 is 12.6 Å². The second kappa shape index (κ2) is 4.81. The van der Waals surface area contributed by atoms with E-state index in [-0.39, 0.29) is 17.6 Å². The Kier molecular flexibility index (Phi) is 3.11. The van der Waals surface area contributed by atoms with Crippen molar-refractivity contribution in [3.05, 3.63) is 41.5 Å². The van der Waals surface area contributed by atoms with Crippen molar-refractivity contribution in [3.63, 3.8) is 0 Å². The number of fused-ring (bicyclic) bond motifs is 1. The van der Waals surface area contributed by atoms with Crippen molar-refractivity contribution in [2.75, 3.05) is 11.9 Å². The summed E-state index contributed by atoms with van der Waals surface area (Å²) in [5.41, 5.74) is 1.93. The van der Waals surface area contributed by atoms with Crippen LogP contribution in [0.1, 0.15) is 29.6 Å². The predicted octanol–water partition coefficient (Wildman–Crippen LogP) is 3.12. The van der Waals surface area contributed by atoms with Crippen LogP contribution in [0.4, 0.5) is 18.9 Å². The zero-order chi connectivity index (χ0) is 14.2. The molecule has 1 aliphatic rings. The Labute approximate surface area is 113 Å². The van der Waals surface area contributed by atoms with Gasteiger partial charge in [0.15, 0.2) is 5.82 Å². The number of alkyl halides is 3. The number of nitrogens with zero attached hydrogens (tertiary/aromatic N) is 2. The quantitative estimate of drug-likeness (QED) is 0.920. The van der Waals surface area contributed by atoms with Crippen LogP contribution in [0.5, 0.6) is 0 Å². The second-order valence-corrected chi connectivity index (χ2v) is 4.70. The highest BCUT2D eigenvalue weighted by molar-refractivity contribution is 5.56. The molecule has 1 aromatic heterocycles. The summed E-state index contributed by atoms with van der Waals surface area (Å²) in [6, 6.07) is 7.62. The summed E-state index contributed by atoms with van der Waals surface area (Å²) in [7, 11) is 0. The van der Waals surface area contributed by atoms with Crippen molar-refractivity contribution >= 4 is 5.69 Å². The lowest BCUT2D eigenvalue weighted by Gasteiger charge is -2.23. The van der Waals surface area contributed by atoms with Crippen molar-refractivity contribution < 1.29 is 17.7 Å². The van der Waals surface area contributed by atoms with E-state index >= 15 is 0 Å². The number of aromatic nitrogens is 2. The number of rotatable bonds is 2. The Balaban J connectivity index is 1.88. The van der Waals surface area contributed by atoms with Gasteiger partial charge in [0.05, 0.1) is 5.92 Å². The molecule has 0 amide bonds. The summed E-state index contributed by atoms with van der Waals surface area (Å²) >= 11 is 0. The fraction of sp³-hybridized carbons (Fsp3) is 0.385. The molecule has 1 unspecified atom stereocenters. The van der Waals surface area contributed by atoms with E-state index in [1.54, 1.807) is 0 Å². The Morgan fingerprint density at radius 2 is 2.10 bits per heavy atom. The first-order chi connectivity index (χ1) is 9.53. The molecule has 1 atom stereocenters. The van der Waals surface area contributed by atoms with Gasteiger partial charge in [-0.3, -0.25) is 0 Å². The number of nitrogens with one attached hydrogen (secondary N) is 1. The first kappa shape index (κ1) is 13.0. The Morgan fingerprint density at radius 1 is 1.30 bits per heavy atom. The van der Waals surface area contributed by atoms with Gasteiger partial charge in [0.25, 0.3) is 0 Å². The van der Waals surface area contributed by atoms with Crippen molar-refractivity contribution in [1.82, 2.24) is 10.1 Å². The Morgan fingerprint density at radius 3 is 2.90 bits per heavy atom. The van der Waals surface area contributed by atoms with E-state index in [4.69, 9.17) is 4.52 Å². The second-order valence-electron chi connectivity index (χ2n) is 4.70. The fourth-order valence-electron chi connectivity index (χ4n) is 2.39. The SMILES string of the molecule is FC(F)(F)Cc1noc(C2CCNc3ccccc32)n1. The number of halogens is 3. The van der Waals surface area contributed by atoms with Gasteiger partial charge in [-0.25, -0.2) is 0 Å². The summed E-state index contributed by atoms with van der Waals surface area (Å²) in [6.07, 6.45) is -4.78. The molecular formula is C13H12F3N3O. The fourth-order valence-corrected chi connectivity index (χ4v) is 2.39. The maximum absolute atomic E-state index is 12.3.